The van der Waals surface area contributed by atoms with E-state index in [9.17, 15) is 4.79 Å². The van der Waals surface area contributed by atoms with E-state index in [1.165, 1.54) is 37.7 Å². The second-order valence-corrected chi connectivity index (χ2v) is 7.43. The minimum absolute atomic E-state index is 0.374. The maximum Gasteiger partial charge on any atom is 0.222 e. The summed E-state index contributed by atoms with van der Waals surface area (Å²) in [4.78, 5) is 17.0. The number of amides is 1. The van der Waals surface area contributed by atoms with E-state index < -0.39 is 0 Å². The standard InChI is InChI=1S/C19H27ClN2O/c20-18-8-4-7-17(13-18)15-21-9-11-22(12-10-21)19(23)14-16-5-2-1-3-6-16/h4,7-8,13,16H,1-3,5-6,9-12,14-15H2. The molecule has 0 atom stereocenters. The van der Waals surface area contributed by atoms with Gasteiger partial charge in [0, 0.05) is 44.2 Å². The topological polar surface area (TPSA) is 23.6 Å². The fourth-order valence-corrected chi connectivity index (χ4v) is 4.03. The number of piperazine rings is 1. The van der Waals surface area contributed by atoms with E-state index in [1.807, 2.05) is 18.2 Å². The third-order valence-electron chi connectivity index (χ3n) is 5.21. The summed E-state index contributed by atoms with van der Waals surface area (Å²) in [7, 11) is 0. The number of rotatable bonds is 4. The van der Waals surface area contributed by atoms with Crippen molar-refractivity contribution in [3.8, 4) is 0 Å². The van der Waals surface area contributed by atoms with Gasteiger partial charge in [0.25, 0.3) is 0 Å². The molecule has 1 saturated heterocycles. The van der Waals surface area contributed by atoms with E-state index in [1.54, 1.807) is 0 Å². The summed E-state index contributed by atoms with van der Waals surface area (Å²) in [5.41, 5.74) is 1.25. The number of nitrogens with zero attached hydrogens (tertiary/aromatic N) is 2. The molecule has 0 N–H and O–H groups in total. The van der Waals surface area contributed by atoms with E-state index in [4.69, 9.17) is 11.6 Å². The molecule has 0 spiro atoms. The molecule has 0 aromatic heterocycles. The van der Waals surface area contributed by atoms with Crippen molar-refractivity contribution in [1.82, 2.24) is 9.80 Å². The van der Waals surface area contributed by atoms with Crippen molar-refractivity contribution in [1.29, 1.82) is 0 Å². The highest BCUT2D eigenvalue weighted by atomic mass is 35.5. The van der Waals surface area contributed by atoms with Gasteiger partial charge in [0.1, 0.15) is 0 Å². The quantitative estimate of drug-likeness (QED) is 0.832. The number of hydrogen-bond acceptors (Lipinski definition) is 2. The Hall–Kier alpha value is -1.06. The first-order valence-electron chi connectivity index (χ1n) is 8.95. The Labute approximate surface area is 144 Å². The van der Waals surface area contributed by atoms with Gasteiger partial charge in [-0.2, -0.15) is 0 Å². The number of carbonyl (C=O) groups is 1. The first-order chi connectivity index (χ1) is 11.2. The number of carbonyl (C=O) groups excluding carboxylic acids is 1. The minimum atomic E-state index is 0.374. The third-order valence-corrected chi connectivity index (χ3v) is 5.44. The Morgan fingerprint density at radius 2 is 1.83 bits per heavy atom. The second-order valence-electron chi connectivity index (χ2n) is 7.00. The molecule has 1 aliphatic carbocycles. The zero-order valence-corrected chi connectivity index (χ0v) is 14.6. The van der Waals surface area contributed by atoms with Crippen molar-refractivity contribution in [3.63, 3.8) is 0 Å². The fourth-order valence-electron chi connectivity index (χ4n) is 3.82. The van der Waals surface area contributed by atoms with E-state index >= 15 is 0 Å². The van der Waals surface area contributed by atoms with Crippen LogP contribution in [0.5, 0.6) is 0 Å². The van der Waals surface area contributed by atoms with Gasteiger partial charge < -0.3 is 4.90 Å². The highest BCUT2D eigenvalue weighted by Crippen LogP contribution is 2.27. The first kappa shape index (κ1) is 16.8. The zero-order valence-electron chi connectivity index (χ0n) is 13.8. The summed E-state index contributed by atoms with van der Waals surface area (Å²) in [5.74, 6) is 1.01. The molecule has 1 amide bonds. The second kappa shape index (κ2) is 8.16. The van der Waals surface area contributed by atoms with Gasteiger partial charge in [-0.25, -0.2) is 0 Å². The molecule has 4 heteroatoms. The Balaban J connectivity index is 1.43. The molecule has 1 aromatic carbocycles. The Morgan fingerprint density at radius 1 is 1.09 bits per heavy atom. The number of halogens is 1. The summed E-state index contributed by atoms with van der Waals surface area (Å²) in [5, 5.41) is 0.795. The van der Waals surface area contributed by atoms with E-state index in [-0.39, 0.29) is 0 Å². The summed E-state index contributed by atoms with van der Waals surface area (Å²) in [6, 6.07) is 8.06. The average Bonchev–Trinajstić information content (AvgIpc) is 2.56. The van der Waals surface area contributed by atoms with Crippen LogP contribution in [0.15, 0.2) is 24.3 Å². The summed E-state index contributed by atoms with van der Waals surface area (Å²) >= 11 is 6.05. The van der Waals surface area contributed by atoms with Crippen molar-refractivity contribution in [2.24, 2.45) is 5.92 Å². The summed E-state index contributed by atoms with van der Waals surface area (Å²) in [6.45, 7) is 4.58. The Morgan fingerprint density at radius 3 is 2.52 bits per heavy atom. The lowest BCUT2D eigenvalue weighted by atomic mass is 9.86. The molecule has 1 aliphatic heterocycles. The highest BCUT2D eigenvalue weighted by molar-refractivity contribution is 6.30. The van der Waals surface area contributed by atoms with Gasteiger partial charge in [-0.15, -0.1) is 0 Å². The van der Waals surface area contributed by atoms with Gasteiger partial charge in [0.05, 0.1) is 0 Å². The molecular weight excluding hydrogens is 308 g/mol. The van der Waals surface area contributed by atoms with Gasteiger partial charge in [-0.1, -0.05) is 43.0 Å². The maximum absolute atomic E-state index is 12.5. The van der Waals surface area contributed by atoms with Crippen molar-refractivity contribution in [3.05, 3.63) is 34.9 Å². The summed E-state index contributed by atoms with van der Waals surface area (Å²) < 4.78 is 0. The van der Waals surface area contributed by atoms with Crippen LogP contribution in [-0.4, -0.2) is 41.9 Å². The van der Waals surface area contributed by atoms with Crippen LogP contribution in [0.3, 0.4) is 0 Å². The first-order valence-corrected chi connectivity index (χ1v) is 9.33. The lowest BCUT2D eigenvalue weighted by molar-refractivity contribution is -0.134. The molecule has 1 aromatic rings. The van der Waals surface area contributed by atoms with E-state index in [0.717, 1.165) is 44.2 Å². The lowest BCUT2D eigenvalue weighted by Gasteiger charge is -2.35. The molecule has 2 fully saturated rings. The molecule has 1 heterocycles. The fraction of sp³-hybridized carbons (Fsp3) is 0.632. The van der Waals surface area contributed by atoms with Crippen molar-refractivity contribution < 1.29 is 4.79 Å². The molecule has 3 rings (SSSR count). The van der Waals surface area contributed by atoms with Gasteiger partial charge in [0.2, 0.25) is 5.91 Å². The maximum atomic E-state index is 12.5. The SMILES string of the molecule is O=C(CC1CCCCC1)N1CCN(Cc2cccc(Cl)c2)CC1. The van der Waals surface area contributed by atoms with E-state index in [2.05, 4.69) is 15.9 Å². The van der Waals surface area contributed by atoms with Crippen molar-refractivity contribution in [2.45, 2.75) is 45.1 Å². The predicted octanol–water partition coefficient (Wildman–Crippen LogP) is 3.95. The number of hydrogen-bond donors (Lipinski definition) is 0. The molecule has 0 bridgehead atoms. The monoisotopic (exact) mass is 334 g/mol. The average molecular weight is 335 g/mol. The molecule has 0 unspecified atom stereocenters. The number of benzene rings is 1. The highest BCUT2D eigenvalue weighted by Gasteiger charge is 2.24. The van der Waals surface area contributed by atoms with Crippen LogP contribution in [0.25, 0.3) is 0 Å². The molecular formula is C19H27ClN2O. The van der Waals surface area contributed by atoms with Gasteiger partial charge in [-0.3, -0.25) is 9.69 Å². The minimum Gasteiger partial charge on any atom is -0.340 e. The zero-order chi connectivity index (χ0) is 16.1. The summed E-state index contributed by atoms with van der Waals surface area (Å²) in [6.07, 6.45) is 7.25. The largest absolute Gasteiger partial charge is 0.340 e. The van der Waals surface area contributed by atoms with Gasteiger partial charge in [0.15, 0.2) is 0 Å². The molecule has 2 aliphatic rings. The third kappa shape index (κ3) is 4.95. The van der Waals surface area contributed by atoms with Crippen LogP contribution in [0.1, 0.15) is 44.1 Å². The smallest absolute Gasteiger partial charge is 0.222 e. The molecule has 23 heavy (non-hydrogen) atoms. The molecule has 3 nitrogen and oxygen atoms in total. The van der Waals surface area contributed by atoms with Crippen LogP contribution in [0, 0.1) is 5.92 Å². The van der Waals surface area contributed by atoms with Crippen LogP contribution >= 0.6 is 11.6 Å². The normalized spacial score (nSPS) is 20.7. The molecule has 0 radical (unpaired) electrons. The van der Waals surface area contributed by atoms with Gasteiger partial charge in [-0.05, 0) is 36.5 Å². The lowest BCUT2D eigenvalue weighted by Crippen LogP contribution is -2.48. The van der Waals surface area contributed by atoms with Crippen molar-refractivity contribution >= 4 is 17.5 Å². The van der Waals surface area contributed by atoms with Crippen LogP contribution < -0.4 is 0 Å². The van der Waals surface area contributed by atoms with Crippen LogP contribution in [0.4, 0.5) is 0 Å². The van der Waals surface area contributed by atoms with E-state index in [0.29, 0.717) is 11.8 Å². The van der Waals surface area contributed by atoms with Crippen molar-refractivity contribution in [2.75, 3.05) is 26.2 Å². The molecule has 126 valence electrons. The van der Waals surface area contributed by atoms with Crippen LogP contribution in [-0.2, 0) is 11.3 Å². The Bertz CT molecular complexity index is 520. The Kier molecular flexibility index (Phi) is 5.96. The predicted molar refractivity (Wildman–Crippen MR) is 94.5 cm³/mol. The molecule has 1 saturated carbocycles. The van der Waals surface area contributed by atoms with Crippen LogP contribution in [0.2, 0.25) is 5.02 Å². The van der Waals surface area contributed by atoms with Gasteiger partial charge >= 0.3 is 0 Å².